The molecule has 4 rings (SSSR count). The SMILES string of the molecule is O=C(c1cc2cc(Cl)ccc2[nH]1)N1CCCCCC1c1ccncc1. The van der Waals surface area contributed by atoms with E-state index in [0.29, 0.717) is 10.7 Å². The number of H-pyrrole nitrogens is 1. The summed E-state index contributed by atoms with van der Waals surface area (Å²) in [6, 6.07) is 11.7. The number of aromatic nitrogens is 2. The fourth-order valence-corrected chi connectivity index (χ4v) is 3.84. The molecule has 0 aliphatic carbocycles. The van der Waals surface area contributed by atoms with Crippen molar-refractivity contribution in [2.24, 2.45) is 0 Å². The van der Waals surface area contributed by atoms with E-state index in [2.05, 4.69) is 9.97 Å². The van der Waals surface area contributed by atoms with E-state index < -0.39 is 0 Å². The number of pyridine rings is 1. The van der Waals surface area contributed by atoms with Gasteiger partial charge in [0.15, 0.2) is 0 Å². The van der Waals surface area contributed by atoms with E-state index in [1.165, 1.54) is 0 Å². The predicted octanol–water partition coefficient (Wildman–Crippen LogP) is 4.97. The first-order valence-corrected chi connectivity index (χ1v) is 9.09. The molecule has 1 atom stereocenters. The van der Waals surface area contributed by atoms with Crippen molar-refractivity contribution >= 4 is 28.4 Å². The molecule has 0 radical (unpaired) electrons. The molecular formula is C20H20ClN3O. The van der Waals surface area contributed by atoms with Crippen LogP contribution in [0.1, 0.15) is 47.8 Å². The maximum Gasteiger partial charge on any atom is 0.270 e. The summed E-state index contributed by atoms with van der Waals surface area (Å²) in [6.07, 6.45) is 7.93. The highest BCUT2D eigenvalue weighted by Gasteiger charge is 2.28. The lowest BCUT2D eigenvalue weighted by Gasteiger charge is -2.30. The molecule has 0 spiro atoms. The summed E-state index contributed by atoms with van der Waals surface area (Å²) in [5, 5.41) is 1.64. The van der Waals surface area contributed by atoms with Gasteiger partial charge in [0.2, 0.25) is 0 Å². The molecule has 25 heavy (non-hydrogen) atoms. The number of hydrogen-bond donors (Lipinski definition) is 1. The van der Waals surface area contributed by atoms with Crippen LogP contribution in [0.2, 0.25) is 5.02 Å². The van der Waals surface area contributed by atoms with E-state index in [1.54, 1.807) is 12.4 Å². The Labute approximate surface area is 151 Å². The molecule has 1 saturated heterocycles. The summed E-state index contributed by atoms with van der Waals surface area (Å²) in [7, 11) is 0. The van der Waals surface area contributed by atoms with Gasteiger partial charge in [-0.2, -0.15) is 0 Å². The Bertz CT molecular complexity index is 890. The summed E-state index contributed by atoms with van der Waals surface area (Å²) in [5.41, 5.74) is 2.71. The Balaban J connectivity index is 1.69. The van der Waals surface area contributed by atoms with Crippen LogP contribution in [0.4, 0.5) is 0 Å². The van der Waals surface area contributed by atoms with Crippen LogP contribution in [0.25, 0.3) is 10.9 Å². The number of hydrogen-bond acceptors (Lipinski definition) is 2. The zero-order chi connectivity index (χ0) is 17.2. The first-order valence-electron chi connectivity index (χ1n) is 8.71. The van der Waals surface area contributed by atoms with E-state index in [9.17, 15) is 4.79 Å². The molecular weight excluding hydrogens is 334 g/mol. The van der Waals surface area contributed by atoms with Gasteiger partial charge in [-0.05, 0) is 54.8 Å². The van der Waals surface area contributed by atoms with E-state index in [-0.39, 0.29) is 11.9 Å². The minimum atomic E-state index is 0.0519. The number of likely N-dealkylation sites (tertiary alicyclic amines) is 1. The Kier molecular flexibility index (Phi) is 4.45. The summed E-state index contributed by atoms with van der Waals surface area (Å²) in [6.45, 7) is 0.780. The highest BCUT2D eigenvalue weighted by Crippen LogP contribution is 2.31. The predicted molar refractivity (Wildman–Crippen MR) is 99.8 cm³/mol. The summed E-state index contributed by atoms with van der Waals surface area (Å²) >= 11 is 6.07. The number of halogens is 1. The Morgan fingerprint density at radius 1 is 1.12 bits per heavy atom. The van der Waals surface area contributed by atoms with Crippen LogP contribution in [-0.4, -0.2) is 27.3 Å². The fourth-order valence-electron chi connectivity index (χ4n) is 3.66. The molecule has 1 aromatic carbocycles. The standard InChI is InChI=1S/C20H20ClN3O/c21-16-5-6-17-15(12-16)13-18(23-17)20(25)24-11-3-1-2-4-19(24)14-7-9-22-10-8-14/h5-10,12-13,19,23H,1-4,11H2. The van der Waals surface area contributed by atoms with Crippen LogP contribution < -0.4 is 0 Å². The first kappa shape index (κ1) is 16.2. The molecule has 3 heterocycles. The molecule has 1 unspecified atom stereocenters. The van der Waals surface area contributed by atoms with E-state index in [4.69, 9.17) is 11.6 Å². The summed E-state index contributed by atoms with van der Waals surface area (Å²) in [5.74, 6) is 0.0519. The van der Waals surface area contributed by atoms with Gasteiger partial charge < -0.3 is 9.88 Å². The maximum atomic E-state index is 13.2. The van der Waals surface area contributed by atoms with Crippen molar-refractivity contribution in [3.8, 4) is 0 Å². The Morgan fingerprint density at radius 3 is 2.80 bits per heavy atom. The highest BCUT2D eigenvalue weighted by molar-refractivity contribution is 6.31. The average molecular weight is 354 g/mol. The zero-order valence-corrected chi connectivity index (χ0v) is 14.7. The maximum absolute atomic E-state index is 13.2. The minimum Gasteiger partial charge on any atom is -0.351 e. The van der Waals surface area contributed by atoms with Crippen molar-refractivity contribution < 1.29 is 4.79 Å². The lowest BCUT2D eigenvalue weighted by atomic mass is 10.0. The van der Waals surface area contributed by atoms with Gasteiger partial charge in [0.05, 0.1) is 6.04 Å². The molecule has 1 aliphatic rings. The van der Waals surface area contributed by atoms with Crippen molar-refractivity contribution in [2.45, 2.75) is 31.7 Å². The van der Waals surface area contributed by atoms with E-state index in [0.717, 1.165) is 48.7 Å². The number of fused-ring (bicyclic) bond motifs is 1. The van der Waals surface area contributed by atoms with Gasteiger partial charge in [-0.25, -0.2) is 0 Å². The third kappa shape index (κ3) is 3.27. The highest BCUT2D eigenvalue weighted by atomic mass is 35.5. The van der Waals surface area contributed by atoms with Crippen LogP contribution >= 0.6 is 11.6 Å². The van der Waals surface area contributed by atoms with Crippen LogP contribution in [0.15, 0.2) is 48.8 Å². The summed E-state index contributed by atoms with van der Waals surface area (Å²) in [4.78, 5) is 22.6. The third-order valence-corrected chi connectivity index (χ3v) is 5.15. The molecule has 3 aromatic rings. The number of amides is 1. The second kappa shape index (κ2) is 6.89. The Hall–Kier alpha value is -2.33. The molecule has 128 valence electrons. The van der Waals surface area contributed by atoms with Gasteiger partial charge in [-0.3, -0.25) is 9.78 Å². The van der Waals surface area contributed by atoms with Gasteiger partial charge in [-0.1, -0.05) is 24.4 Å². The van der Waals surface area contributed by atoms with E-state index in [1.807, 2.05) is 41.3 Å². The van der Waals surface area contributed by atoms with Crippen molar-refractivity contribution in [2.75, 3.05) is 6.54 Å². The number of carbonyl (C=O) groups is 1. The number of aromatic amines is 1. The topological polar surface area (TPSA) is 49.0 Å². The quantitative estimate of drug-likeness (QED) is 0.706. The van der Waals surface area contributed by atoms with Crippen molar-refractivity contribution in [1.82, 2.24) is 14.9 Å². The third-order valence-electron chi connectivity index (χ3n) is 4.92. The number of carbonyl (C=O) groups excluding carboxylic acids is 1. The van der Waals surface area contributed by atoms with Crippen LogP contribution in [-0.2, 0) is 0 Å². The summed E-state index contributed by atoms with van der Waals surface area (Å²) < 4.78 is 0. The molecule has 5 heteroatoms. The lowest BCUT2D eigenvalue weighted by molar-refractivity contribution is 0.0675. The molecule has 1 aliphatic heterocycles. The monoisotopic (exact) mass is 353 g/mol. The zero-order valence-electron chi connectivity index (χ0n) is 13.9. The molecule has 2 aromatic heterocycles. The molecule has 0 saturated carbocycles. The van der Waals surface area contributed by atoms with E-state index >= 15 is 0 Å². The molecule has 1 amide bonds. The number of benzene rings is 1. The van der Waals surface area contributed by atoms with Crippen LogP contribution in [0.5, 0.6) is 0 Å². The Morgan fingerprint density at radius 2 is 1.96 bits per heavy atom. The van der Waals surface area contributed by atoms with Gasteiger partial charge in [-0.15, -0.1) is 0 Å². The van der Waals surface area contributed by atoms with Crippen molar-refractivity contribution in [1.29, 1.82) is 0 Å². The molecule has 4 nitrogen and oxygen atoms in total. The van der Waals surface area contributed by atoms with Crippen molar-refractivity contribution in [3.05, 3.63) is 65.1 Å². The second-order valence-corrected chi connectivity index (χ2v) is 7.00. The number of nitrogens with zero attached hydrogens (tertiary/aromatic N) is 2. The smallest absolute Gasteiger partial charge is 0.270 e. The lowest BCUT2D eigenvalue weighted by Crippen LogP contribution is -2.35. The first-order chi connectivity index (χ1) is 12.2. The van der Waals surface area contributed by atoms with Gasteiger partial charge in [0.25, 0.3) is 5.91 Å². The average Bonchev–Trinajstić information content (AvgIpc) is 2.90. The van der Waals surface area contributed by atoms with Gasteiger partial charge in [0, 0.05) is 34.9 Å². The molecule has 0 bridgehead atoms. The number of rotatable bonds is 2. The number of nitrogens with one attached hydrogen (secondary N) is 1. The largest absolute Gasteiger partial charge is 0.351 e. The molecule has 1 N–H and O–H groups in total. The van der Waals surface area contributed by atoms with Gasteiger partial charge >= 0.3 is 0 Å². The van der Waals surface area contributed by atoms with Crippen LogP contribution in [0.3, 0.4) is 0 Å². The van der Waals surface area contributed by atoms with Gasteiger partial charge in [0.1, 0.15) is 5.69 Å². The normalized spacial score (nSPS) is 18.3. The minimum absolute atomic E-state index is 0.0519. The second-order valence-electron chi connectivity index (χ2n) is 6.56. The molecule has 1 fully saturated rings. The fraction of sp³-hybridized carbons (Fsp3) is 0.300. The van der Waals surface area contributed by atoms with Crippen molar-refractivity contribution in [3.63, 3.8) is 0 Å². The van der Waals surface area contributed by atoms with Crippen LogP contribution in [0, 0.1) is 0 Å².